The molecular formula is C23H25N5O2. The zero-order valence-electron chi connectivity index (χ0n) is 17.2. The summed E-state index contributed by atoms with van der Waals surface area (Å²) in [5.41, 5.74) is 2.26. The number of rotatable bonds is 4. The van der Waals surface area contributed by atoms with Crippen LogP contribution in [-0.2, 0) is 0 Å². The van der Waals surface area contributed by atoms with E-state index in [0.717, 1.165) is 11.5 Å². The standard InChI is InChI=1S/C23H25N5O2/c1-17(2)18-6-8-19(9-7-18)28-22(29)11-10-21(25-28)26-13-15-27(16-14-26)23(30)20-5-3-4-12-24-20/h3-12,17H,13-16H2,1-2H3. The fourth-order valence-electron chi connectivity index (χ4n) is 3.55. The van der Waals surface area contributed by atoms with Crippen LogP contribution in [0.4, 0.5) is 5.82 Å². The second-order valence-electron chi connectivity index (χ2n) is 7.68. The normalized spacial score (nSPS) is 14.2. The van der Waals surface area contributed by atoms with Crippen molar-refractivity contribution in [2.45, 2.75) is 19.8 Å². The molecule has 154 valence electrons. The van der Waals surface area contributed by atoms with E-state index in [1.54, 1.807) is 35.4 Å². The van der Waals surface area contributed by atoms with Gasteiger partial charge in [-0.25, -0.2) is 0 Å². The van der Waals surface area contributed by atoms with Crippen LogP contribution in [0.2, 0.25) is 0 Å². The lowest BCUT2D eigenvalue weighted by Gasteiger charge is -2.35. The molecule has 0 aliphatic carbocycles. The lowest BCUT2D eigenvalue weighted by molar-refractivity contribution is 0.0740. The van der Waals surface area contributed by atoms with Crippen LogP contribution >= 0.6 is 0 Å². The molecule has 0 unspecified atom stereocenters. The summed E-state index contributed by atoms with van der Waals surface area (Å²) in [6.45, 7) is 6.74. The molecule has 0 radical (unpaired) electrons. The highest BCUT2D eigenvalue weighted by molar-refractivity contribution is 5.92. The van der Waals surface area contributed by atoms with Gasteiger partial charge in [-0.2, -0.15) is 4.68 Å². The molecule has 30 heavy (non-hydrogen) atoms. The Morgan fingerprint density at radius 2 is 1.67 bits per heavy atom. The molecule has 0 saturated carbocycles. The smallest absolute Gasteiger partial charge is 0.272 e. The first-order chi connectivity index (χ1) is 14.5. The van der Waals surface area contributed by atoms with Crippen LogP contribution in [0.5, 0.6) is 0 Å². The molecule has 1 saturated heterocycles. The number of pyridine rings is 1. The van der Waals surface area contributed by atoms with E-state index in [1.165, 1.54) is 10.2 Å². The second kappa shape index (κ2) is 8.49. The number of benzene rings is 1. The molecule has 0 N–H and O–H groups in total. The molecule has 7 heteroatoms. The van der Waals surface area contributed by atoms with Gasteiger partial charge in [0, 0.05) is 38.4 Å². The topological polar surface area (TPSA) is 71.3 Å². The molecule has 1 aliphatic heterocycles. The Hall–Kier alpha value is -3.48. The molecule has 2 aromatic heterocycles. The number of piperazine rings is 1. The quantitative estimate of drug-likeness (QED) is 0.670. The van der Waals surface area contributed by atoms with Gasteiger partial charge in [-0.15, -0.1) is 5.10 Å². The predicted molar refractivity (Wildman–Crippen MR) is 116 cm³/mol. The predicted octanol–water partition coefficient (Wildman–Crippen LogP) is 2.71. The summed E-state index contributed by atoms with van der Waals surface area (Å²) in [7, 11) is 0. The molecule has 1 amide bonds. The van der Waals surface area contributed by atoms with Crippen molar-refractivity contribution in [1.82, 2.24) is 19.7 Å². The van der Waals surface area contributed by atoms with E-state index in [1.807, 2.05) is 30.3 Å². The minimum absolute atomic E-state index is 0.0570. The third-order valence-electron chi connectivity index (χ3n) is 5.37. The summed E-state index contributed by atoms with van der Waals surface area (Å²) >= 11 is 0. The summed E-state index contributed by atoms with van der Waals surface area (Å²) in [5, 5.41) is 4.58. The Bertz CT molecular complexity index is 1070. The van der Waals surface area contributed by atoms with Crippen molar-refractivity contribution in [2.24, 2.45) is 0 Å². The van der Waals surface area contributed by atoms with Crippen LogP contribution < -0.4 is 10.5 Å². The molecular weight excluding hydrogens is 378 g/mol. The number of hydrogen-bond acceptors (Lipinski definition) is 5. The average Bonchev–Trinajstić information content (AvgIpc) is 2.80. The van der Waals surface area contributed by atoms with Crippen molar-refractivity contribution in [2.75, 3.05) is 31.1 Å². The van der Waals surface area contributed by atoms with Gasteiger partial charge in [0.15, 0.2) is 0 Å². The first-order valence-corrected chi connectivity index (χ1v) is 10.2. The number of carbonyl (C=O) groups is 1. The van der Waals surface area contributed by atoms with Gasteiger partial charge < -0.3 is 9.80 Å². The Morgan fingerprint density at radius 1 is 0.933 bits per heavy atom. The lowest BCUT2D eigenvalue weighted by atomic mass is 10.0. The van der Waals surface area contributed by atoms with Crippen LogP contribution in [0, 0.1) is 0 Å². The molecule has 4 rings (SSSR count). The summed E-state index contributed by atoms with van der Waals surface area (Å²) < 4.78 is 1.44. The number of amides is 1. The monoisotopic (exact) mass is 403 g/mol. The fraction of sp³-hybridized carbons (Fsp3) is 0.304. The molecule has 0 bridgehead atoms. The number of nitrogens with zero attached hydrogens (tertiary/aromatic N) is 5. The first-order valence-electron chi connectivity index (χ1n) is 10.2. The van der Waals surface area contributed by atoms with Gasteiger partial charge in [-0.1, -0.05) is 32.0 Å². The average molecular weight is 403 g/mol. The third kappa shape index (κ3) is 4.10. The number of carbonyl (C=O) groups excluding carboxylic acids is 1. The van der Waals surface area contributed by atoms with E-state index in [0.29, 0.717) is 37.8 Å². The summed E-state index contributed by atoms with van der Waals surface area (Å²) in [5.74, 6) is 1.10. The number of hydrogen-bond donors (Lipinski definition) is 0. The zero-order chi connectivity index (χ0) is 21.1. The Morgan fingerprint density at radius 3 is 2.30 bits per heavy atom. The van der Waals surface area contributed by atoms with Crippen molar-refractivity contribution in [3.63, 3.8) is 0 Å². The highest BCUT2D eigenvalue weighted by atomic mass is 16.2. The van der Waals surface area contributed by atoms with Crippen LogP contribution in [0.1, 0.15) is 35.8 Å². The Labute approximate surface area is 175 Å². The third-order valence-corrected chi connectivity index (χ3v) is 5.37. The van der Waals surface area contributed by atoms with Gasteiger partial charge in [0.1, 0.15) is 11.5 Å². The molecule has 1 aliphatic rings. The van der Waals surface area contributed by atoms with Gasteiger partial charge in [-0.3, -0.25) is 14.6 Å². The highest BCUT2D eigenvalue weighted by Crippen LogP contribution is 2.17. The van der Waals surface area contributed by atoms with Crippen LogP contribution in [0.15, 0.2) is 65.6 Å². The first kappa shape index (κ1) is 19.8. The maximum atomic E-state index is 12.6. The summed E-state index contributed by atoms with van der Waals surface area (Å²) in [6.07, 6.45) is 1.63. The van der Waals surface area contributed by atoms with E-state index in [4.69, 9.17) is 0 Å². The van der Waals surface area contributed by atoms with Gasteiger partial charge in [0.05, 0.1) is 5.69 Å². The molecule has 7 nitrogen and oxygen atoms in total. The molecule has 1 fully saturated rings. The summed E-state index contributed by atoms with van der Waals surface area (Å²) in [4.78, 5) is 33.0. The van der Waals surface area contributed by atoms with E-state index in [9.17, 15) is 9.59 Å². The molecule has 0 spiro atoms. The van der Waals surface area contributed by atoms with E-state index in [2.05, 4.69) is 28.8 Å². The molecule has 1 aromatic carbocycles. The summed E-state index contributed by atoms with van der Waals surface area (Å²) in [6, 6.07) is 16.6. The SMILES string of the molecule is CC(C)c1ccc(-n2nc(N3CCN(C(=O)c4ccccn4)CC3)ccc2=O)cc1. The van der Waals surface area contributed by atoms with Gasteiger partial charge >= 0.3 is 0 Å². The molecule has 0 atom stereocenters. The van der Waals surface area contributed by atoms with Crippen LogP contribution in [0.25, 0.3) is 5.69 Å². The minimum Gasteiger partial charge on any atom is -0.352 e. The van der Waals surface area contributed by atoms with Crippen molar-refractivity contribution in [3.05, 3.63) is 82.4 Å². The van der Waals surface area contributed by atoms with Crippen molar-refractivity contribution < 1.29 is 4.79 Å². The van der Waals surface area contributed by atoms with Gasteiger partial charge in [0.2, 0.25) is 0 Å². The van der Waals surface area contributed by atoms with Gasteiger partial charge in [0.25, 0.3) is 11.5 Å². The largest absolute Gasteiger partial charge is 0.352 e. The minimum atomic E-state index is -0.167. The van der Waals surface area contributed by atoms with E-state index < -0.39 is 0 Å². The zero-order valence-corrected chi connectivity index (χ0v) is 17.2. The van der Waals surface area contributed by atoms with Crippen molar-refractivity contribution in [3.8, 4) is 5.69 Å². The van der Waals surface area contributed by atoms with Gasteiger partial charge in [-0.05, 0) is 41.8 Å². The number of anilines is 1. The second-order valence-corrected chi connectivity index (χ2v) is 7.68. The highest BCUT2D eigenvalue weighted by Gasteiger charge is 2.24. The molecule has 3 aromatic rings. The van der Waals surface area contributed by atoms with Crippen LogP contribution in [0.3, 0.4) is 0 Å². The lowest BCUT2D eigenvalue weighted by Crippen LogP contribution is -2.49. The Balaban J connectivity index is 1.49. The van der Waals surface area contributed by atoms with Crippen molar-refractivity contribution >= 4 is 11.7 Å². The van der Waals surface area contributed by atoms with E-state index >= 15 is 0 Å². The fourth-order valence-corrected chi connectivity index (χ4v) is 3.55. The number of aromatic nitrogens is 3. The maximum Gasteiger partial charge on any atom is 0.272 e. The van der Waals surface area contributed by atoms with Crippen molar-refractivity contribution in [1.29, 1.82) is 0 Å². The molecule has 3 heterocycles. The maximum absolute atomic E-state index is 12.6. The van der Waals surface area contributed by atoms with E-state index in [-0.39, 0.29) is 11.5 Å². The Kier molecular flexibility index (Phi) is 5.61. The van der Waals surface area contributed by atoms with Crippen LogP contribution in [-0.4, -0.2) is 51.8 Å².